The van der Waals surface area contributed by atoms with Crippen LogP contribution in [0.5, 0.6) is 0 Å². The fraction of sp³-hybridized carbons (Fsp3) is 0.882. The van der Waals surface area contributed by atoms with Gasteiger partial charge in [0, 0.05) is 38.8 Å². The molecule has 0 bridgehead atoms. The fourth-order valence-electron chi connectivity index (χ4n) is 2.64. The Labute approximate surface area is 146 Å². The van der Waals surface area contributed by atoms with Gasteiger partial charge in [0.1, 0.15) is 0 Å². The molecule has 1 heterocycles. The molecule has 0 aliphatic carbocycles. The standard InChI is InChI=1S/C17H35N5O2/c1-5-9-22-10-6-15(22)17(24)19-8-12-21(4)11-7-18-16(23)13-20-14(2)3/h14-15,20H,5-13H2,1-4H3,(H,18,23)(H,19,24). The van der Waals surface area contributed by atoms with Crippen molar-refractivity contribution >= 4 is 11.8 Å². The molecule has 3 N–H and O–H groups in total. The first kappa shape index (κ1) is 20.9. The molecule has 0 saturated carbocycles. The van der Waals surface area contributed by atoms with Crippen molar-refractivity contribution in [2.24, 2.45) is 0 Å². The Morgan fingerprint density at radius 3 is 2.42 bits per heavy atom. The number of likely N-dealkylation sites (tertiary alicyclic amines) is 1. The molecule has 1 unspecified atom stereocenters. The quantitative estimate of drug-likeness (QED) is 0.452. The monoisotopic (exact) mass is 341 g/mol. The molecule has 0 aromatic heterocycles. The van der Waals surface area contributed by atoms with E-state index in [0.717, 1.165) is 39.0 Å². The molecule has 0 aromatic rings. The highest BCUT2D eigenvalue weighted by Gasteiger charge is 2.32. The Hall–Kier alpha value is -1.18. The number of rotatable bonds is 12. The number of carbonyl (C=O) groups is 2. The van der Waals surface area contributed by atoms with E-state index in [-0.39, 0.29) is 17.9 Å². The summed E-state index contributed by atoms with van der Waals surface area (Å²) in [7, 11) is 2.00. The van der Waals surface area contributed by atoms with E-state index in [1.807, 2.05) is 20.9 Å². The number of hydrogen-bond acceptors (Lipinski definition) is 5. The smallest absolute Gasteiger partial charge is 0.237 e. The van der Waals surface area contributed by atoms with Gasteiger partial charge in [-0.25, -0.2) is 0 Å². The van der Waals surface area contributed by atoms with Crippen molar-refractivity contribution in [2.45, 2.75) is 45.7 Å². The minimum atomic E-state index is 0.0198. The van der Waals surface area contributed by atoms with Crippen molar-refractivity contribution in [1.82, 2.24) is 25.8 Å². The first-order valence-corrected chi connectivity index (χ1v) is 9.14. The Morgan fingerprint density at radius 1 is 1.21 bits per heavy atom. The van der Waals surface area contributed by atoms with E-state index in [1.165, 1.54) is 0 Å². The van der Waals surface area contributed by atoms with Crippen LogP contribution in [-0.4, -0.2) is 86.6 Å². The van der Waals surface area contributed by atoms with Crippen molar-refractivity contribution in [3.63, 3.8) is 0 Å². The van der Waals surface area contributed by atoms with Gasteiger partial charge in [-0.2, -0.15) is 0 Å². The average molecular weight is 342 g/mol. The summed E-state index contributed by atoms with van der Waals surface area (Å²) in [6.45, 7) is 11.4. The van der Waals surface area contributed by atoms with Crippen molar-refractivity contribution in [1.29, 1.82) is 0 Å². The SMILES string of the molecule is CCCN1CCC1C(=O)NCCN(C)CCNC(=O)CNC(C)C. The van der Waals surface area contributed by atoms with Crippen LogP contribution in [0.2, 0.25) is 0 Å². The minimum absolute atomic E-state index is 0.0198. The fourth-order valence-corrected chi connectivity index (χ4v) is 2.64. The number of carbonyl (C=O) groups excluding carboxylic acids is 2. The lowest BCUT2D eigenvalue weighted by Gasteiger charge is -2.39. The summed E-state index contributed by atoms with van der Waals surface area (Å²) >= 11 is 0. The highest BCUT2D eigenvalue weighted by molar-refractivity contribution is 5.82. The van der Waals surface area contributed by atoms with Crippen molar-refractivity contribution in [3.05, 3.63) is 0 Å². The van der Waals surface area contributed by atoms with Gasteiger partial charge >= 0.3 is 0 Å². The summed E-state index contributed by atoms with van der Waals surface area (Å²) < 4.78 is 0. The minimum Gasteiger partial charge on any atom is -0.354 e. The van der Waals surface area contributed by atoms with Crippen LogP contribution in [0.3, 0.4) is 0 Å². The number of likely N-dealkylation sites (N-methyl/N-ethyl adjacent to an activating group) is 1. The zero-order valence-electron chi connectivity index (χ0n) is 15.7. The van der Waals surface area contributed by atoms with Gasteiger partial charge in [-0.15, -0.1) is 0 Å². The van der Waals surface area contributed by atoms with E-state index in [1.54, 1.807) is 0 Å². The van der Waals surface area contributed by atoms with E-state index < -0.39 is 0 Å². The molecule has 1 rings (SSSR count). The summed E-state index contributed by atoms with van der Waals surface area (Å²) in [5, 5.41) is 8.99. The highest BCUT2D eigenvalue weighted by Crippen LogP contribution is 2.17. The van der Waals surface area contributed by atoms with E-state index in [9.17, 15) is 9.59 Å². The third-order valence-electron chi connectivity index (χ3n) is 4.22. The van der Waals surface area contributed by atoms with Crippen LogP contribution in [0.25, 0.3) is 0 Å². The zero-order valence-corrected chi connectivity index (χ0v) is 15.7. The predicted molar refractivity (Wildman–Crippen MR) is 96.9 cm³/mol. The Bertz CT molecular complexity index is 389. The second-order valence-corrected chi connectivity index (χ2v) is 6.82. The lowest BCUT2D eigenvalue weighted by molar-refractivity contribution is -0.130. The van der Waals surface area contributed by atoms with E-state index >= 15 is 0 Å². The van der Waals surface area contributed by atoms with Gasteiger partial charge in [-0.05, 0) is 26.4 Å². The van der Waals surface area contributed by atoms with Crippen LogP contribution >= 0.6 is 0 Å². The molecular weight excluding hydrogens is 306 g/mol. The Morgan fingerprint density at radius 2 is 1.88 bits per heavy atom. The maximum atomic E-state index is 12.1. The summed E-state index contributed by atoms with van der Waals surface area (Å²) in [6, 6.07) is 0.383. The number of amides is 2. The average Bonchev–Trinajstić information content (AvgIpc) is 2.49. The van der Waals surface area contributed by atoms with Gasteiger partial charge in [0.15, 0.2) is 0 Å². The van der Waals surface area contributed by atoms with E-state index in [2.05, 4.69) is 32.7 Å². The van der Waals surface area contributed by atoms with Crippen LogP contribution in [0.15, 0.2) is 0 Å². The predicted octanol–water partition coefficient (Wildman–Crippen LogP) is -0.367. The van der Waals surface area contributed by atoms with Gasteiger partial charge in [-0.3, -0.25) is 14.5 Å². The zero-order chi connectivity index (χ0) is 17.9. The maximum absolute atomic E-state index is 12.1. The largest absolute Gasteiger partial charge is 0.354 e. The van der Waals surface area contributed by atoms with Crippen molar-refractivity contribution in [2.75, 3.05) is 52.9 Å². The van der Waals surface area contributed by atoms with E-state index in [0.29, 0.717) is 25.7 Å². The summed E-state index contributed by atoms with van der Waals surface area (Å²) in [6.07, 6.45) is 2.06. The Kier molecular flexibility index (Phi) is 9.90. The first-order chi connectivity index (χ1) is 11.4. The van der Waals surface area contributed by atoms with Crippen LogP contribution < -0.4 is 16.0 Å². The van der Waals surface area contributed by atoms with Crippen LogP contribution in [-0.2, 0) is 9.59 Å². The molecule has 1 saturated heterocycles. The second-order valence-electron chi connectivity index (χ2n) is 6.82. The van der Waals surface area contributed by atoms with Gasteiger partial charge in [0.2, 0.25) is 11.8 Å². The molecular formula is C17H35N5O2. The molecule has 2 amide bonds. The topological polar surface area (TPSA) is 76.7 Å². The van der Waals surface area contributed by atoms with Crippen molar-refractivity contribution < 1.29 is 9.59 Å². The third kappa shape index (κ3) is 8.08. The summed E-state index contributed by atoms with van der Waals surface area (Å²) in [5.41, 5.74) is 0. The lowest BCUT2D eigenvalue weighted by atomic mass is 10.0. The summed E-state index contributed by atoms with van der Waals surface area (Å²) in [4.78, 5) is 28.0. The molecule has 1 aliphatic rings. The normalized spacial score (nSPS) is 17.8. The molecule has 1 atom stereocenters. The molecule has 0 radical (unpaired) electrons. The number of hydrogen-bond donors (Lipinski definition) is 3. The molecule has 7 nitrogen and oxygen atoms in total. The van der Waals surface area contributed by atoms with Crippen LogP contribution in [0, 0.1) is 0 Å². The van der Waals surface area contributed by atoms with Gasteiger partial charge in [0.05, 0.1) is 12.6 Å². The Balaban J connectivity index is 2.04. The molecule has 0 aromatic carbocycles. The van der Waals surface area contributed by atoms with Gasteiger partial charge < -0.3 is 20.9 Å². The second kappa shape index (κ2) is 11.4. The molecule has 24 heavy (non-hydrogen) atoms. The van der Waals surface area contributed by atoms with Gasteiger partial charge in [-0.1, -0.05) is 20.8 Å². The van der Waals surface area contributed by atoms with Crippen LogP contribution in [0.4, 0.5) is 0 Å². The van der Waals surface area contributed by atoms with E-state index in [4.69, 9.17) is 0 Å². The maximum Gasteiger partial charge on any atom is 0.237 e. The highest BCUT2D eigenvalue weighted by atomic mass is 16.2. The lowest BCUT2D eigenvalue weighted by Crippen LogP contribution is -2.56. The molecule has 1 fully saturated rings. The first-order valence-electron chi connectivity index (χ1n) is 9.14. The summed E-state index contributed by atoms with van der Waals surface area (Å²) in [5.74, 6) is 0.169. The van der Waals surface area contributed by atoms with Crippen LogP contribution in [0.1, 0.15) is 33.6 Å². The molecule has 7 heteroatoms. The molecule has 1 aliphatic heterocycles. The molecule has 0 spiro atoms. The van der Waals surface area contributed by atoms with Crippen molar-refractivity contribution in [3.8, 4) is 0 Å². The number of nitrogens with zero attached hydrogens (tertiary/aromatic N) is 2. The van der Waals surface area contributed by atoms with Gasteiger partial charge in [0.25, 0.3) is 0 Å². The number of nitrogens with one attached hydrogen (secondary N) is 3. The third-order valence-corrected chi connectivity index (χ3v) is 4.22. The molecule has 140 valence electrons.